The predicted octanol–water partition coefficient (Wildman–Crippen LogP) is 0.948. The van der Waals surface area contributed by atoms with Gasteiger partial charge in [-0.3, -0.25) is 4.57 Å². The third-order valence-corrected chi connectivity index (χ3v) is 3.92. The monoisotopic (exact) mass is 313 g/mol. The number of aliphatic hydroxyl groups is 1. The average molecular weight is 313 g/mol. The normalized spacial score (nSPS) is 23.4. The van der Waals surface area contributed by atoms with Crippen molar-refractivity contribution in [3.05, 3.63) is 16.3 Å². The molecule has 1 aromatic heterocycles. The molecule has 1 aliphatic heterocycles. The summed E-state index contributed by atoms with van der Waals surface area (Å²) in [6, 6.07) is 0. The van der Waals surface area contributed by atoms with E-state index >= 15 is 0 Å². The molecule has 7 nitrogen and oxygen atoms in total. The second-order valence-corrected chi connectivity index (χ2v) is 6.16. The third kappa shape index (κ3) is 3.77. The van der Waals surface area contributed by atoms with Gasteiger partial charge in [-0.1, -0.05) is 6.92 Å². The largest absolute Gasteiger partial charge is 0.389 e. The Labute approximate surface area is 130 Å². The number of hydrogen-bond acceptors (Lipinski definition) is 5. The lowest BCUT2D eigenvalue weighted by atomic mass is 10.0. The van der Waals surface area contributed by atoms with E-state index in [2.05, 4.69) is 12.0 Å². The third-order valence-electron chi connectivity index (χ3n) is 3.92. The first kappa shape index (κ1) is 17.2. The molecule has 0 aliphatic carbocycles. The summed E-state index contributed by atoms with van der Waals surface area (Å²) in [5.41, 5.74) is -0.205. The molecule has 1 aliphatic rings. The standard InChI is InChI=1S/C15H27N3O4/c1-5-17-14(13-11(4)6-7-21-13)16-18(15(17)20)8-12(19)9-22-10(2)3/h10-13,19H,5-9H2,1-4H3/t11-,12+,13+/m1/s1. The zero-order valence-electron chi connectivity index (χ0n) is 13.9. The average Bonchev–Trinajstić information content (AvgIpc) is 3.01. The maximum atomic E-state index is 12.4. The van der Waals surface area contributed by atoms with Crippen molar-refractivity contribution in [3.63, 3.8) is 0 Å². The highest BCUT2D eigenvalue weighted by Gasteiger charge is 2.31. The second-order valence-electron chi connectivity index (χ2n) is 6.16. The lowest BCUT2D eigenvalue weighted by Crippen LogP contribution is -2.32. The molecule has 0 saturated carbocycles. The van der Waals surface area contributed by atoms with E-state index in [4.69, 9.17) is 9.47 Å². The Morgan fingerprint density at radius 1 is 1.50 bits per heavy atom. The molecule has 22 heavy (non-hydrogen) atoms. The Morgan fingerprint density at radius 3 is 2.77 bits per heavy atom. The zero-order valence-corrected chi connectivity index (χ0v) is 13.9. The second kappa shape index (κ2) is 7.39. The fraction of sp³-hybridized carbons (Fsp3) is 0.867. The molecule has 0 radical (unpaired) electrons. The number of nitrogens with zero attached hydrogens (tertiary/aromatic N) is 3. The lowest BCUT2D eigenvalue weighted by molar-refractivity contribution is -0.00263. The maximum Gasteiger partial charge on any atom is 0.346 e. The van der Waals surface area contributed by atoms with Crippen molar-refractivity contribution in [2.45, 2.75) is 65.5 Å². The first-order chi connectivity index (χ1) is 10.4. The van der Waals surface area contributed by atoms with Gasteiger partial charge in [-0.15, -0.1) is 0 Å². The maximum absolute atomic E-state index is 12.4. The Kier molecular flexibility index (Phi) is 5.77. The number of aromatic nitrogens is 3. The van der Waals surface area contributed by atoms with E-state index in [1.807, 2.05) is 20.8 Å². The van der Waals surface area contributed by atoms with Crippen molar-refractivity contribution in [2.24, 2.45) is 5.92 Å². The summed E-state index contributed by atoms with van der Waals surface area (Å²) >= 11 is 0. The van der Waals surface area contributed by atoms with Crippen molar-refractivity contribution in [1.82, 2.24) is 14.3 Å². The fourth-order valence-corrected chi connectivity index (χ4v) is 2.67. The van der Waals surface area contributed by atoms with Crippen LogP contribution in [-0.4, -0.2) is 44.9 Å². The predicted molar refractivity (Wildman–Crippen MR) is 81.7 cm³/mol. The van der Waals surface area contributed by atoms with Gasteiger partial charge in [0.05, 0.1) is 25.4 Å². The van der Waals surface area contributed by atoms with Gasteiger partial charge in [-0.05, 0) is 33.1 Å². The van der Waals surface area contributed by atoms with Crippen LogP contribution >= 0.6 is 0 Å². The lowest BCUT2D eigenvalue weighted by Gasteiger charge is -2.14. The van der Waals surface area contributed by atoms with Crippen molar-refractivity contribution in [2.75, 3.05) is 13.2 Å². The van der Waals surface area contributed by atoms with E-state index in [-0.39, 0.29) is 31.0 Å². The molecule has 0 amide bonds. The van der Waals surface area contributed by atoms with Gasteiger partial charge in [0.2, 0.25) is 0 Å². The molecule has 126 valence electrons. The molecule has 0 spiro atoms. The minimum Gasteiger partial charge on any atom is -0.389 e. The molecule has 0 unspecified atom stereocenters. The Hall–Kier alpha value is -1.18. The summed E-state index contributed by atoms with van der Waals surface area (Å²) in [5.74, 6) is 1.00. The zero-order chi connectivity index (χ0) is 16.3. The Bertz CT molecular complexity index is 537. The summed E-state index contributed by atoms with van der Waals surface area (Å²) in [6.45, 7) is 9.38. The minimum atomic E-state index is -0.755. The molecule has 1 aromatic rings. The Balaban J connectivity index is 2.15. The summed E-state index contributed by atoms with van der Waals surface area (Å²) in [6.07, 6.45) is 0.121. The van der Waals surface area contributed by atoms with Crippen molar-refractivity contribution >= 4 is 0 Å². The van der Waals surface area contributed by atoms with Crippen LogP contribution in [0.1, 0.15) is 46.0 Å². The van der Waals surface area contributed by atoms with Crippen LogP contribution < -0.4 is 5.69 Å². The van der Waals surface area contributed by atoms with Crippen LogP contribution in [0.5, 0.6) is 0 Å². The quantitative estimate of drug-likeness (QED) is 0.811. The van der Waals surface area contributed by atoms with Gasteiger partial charge in [0.1, 0.15) is 6.10 Å². The van der Waals surface area contributed by atoms with Crippen LogP contribution in [0.25, 0.3) is 0 Å². The molecule has 1 N–H and O–H groups in total. The molecule has 1 fully saturated rings. The number of ether oxygens (including phenoxy) is 2. The van der Waals surface area contributed by atoms with Gasteiger partial charge in [0, 0.05) is 13.2 Å². The van der Waals surface area contributed by atoms with E-state index in [0.29, 0.717) is 24.9 Å². The van der Waals surface area contributed by atoms with Gasteiger partial charge >= 0.3 is 5.69 Å². The van der Waals surface area contributed by atoms with Crippen LogP contribution in [0, 0.1) is 5.92 Å². The molecule has 2 rings (SSSR count). The smallest absolute Gasteiger partial charge is 0.346 e. The van der Waals surface area contributed by atoms with Gasteiger partial charge < -0.3 is 14.6 Å². The van der Waals surface area contributed by atoms with E-state index in [1.165, 1.54) is 4.68 Å². The number of aliphatic hydroxyl groups excluding tert-OH is 1. The van der Waals surface area contributed by atoms with Crippen LogP contribution in [0.15, 0.2) is 4.79 Å². The van der Waals surface area contributed by atoms with Crippen molar-refractivity contribution < 1.29 is 14.6 Å². The molecule has 1 saturated heterocycles. The number of rotatable bonds is 7. The van der Waals surface area contributed by atoms with Crippen molar-refractivity contribution in [3.8, 4) is 0 Å². The molecule has 0 bridgehead atoms. The molecule has 2 heterocycles. The summed E-state index contributed by atoms with van der Waals surface area (Å²) in [4.78, 5) is 12.4. The Morgan fingerprint density at radius 2 is 2.23 bits per heavy atom. The molecule has 7 heteroatoms. The highest BCUT2D eigenvalue weighted by molar-refractivity contribution is 4.97. The summed E-state index contributed by atoms with van der Waals surface area (Å²) in [7, 11) is 0. The highest BCUT2D eigenvalue weighted by atomic mass is 16.5. The van der Waals surface area contributed by atoms with Gasteiger partial charge in [-0.25, -0.2) is 9.48 Å². The van der Waals surface area contributed by atoms with Crippen LogP contribution in [0.2, 0.25) is 0 Å². The first-order valence-corrected chi connectivity index (χ1v) is 8.02. The van der Waals surface area contributed by atoms with Gasteiger partial charge in [0.25, 0.3) is 0 Å². The molecule has 3 atom stereocenters. The first-order valence-electron chi connectivity index (χ1n) is 8.02. The topological polar surface area (TPSA) is 78.5 Å². The molecular weight excluding hydrogens is 286 g/mol. The molecular formula is C15H27N3O4. The van der Waals surface area contributed by atoms with Crippen LogP contribution in [-0.2, 0) is 22.6 Å². The van der Waals surface area contributed by atoms with Crippen molar-refractivity contribution in [1.29, 1.82) is 0 Å². The van der Waals surface area contributed by atoms with E-state index in [9.17, 15) is 9.90 Å². The molecule has 0 aromatic carbocycles. The summed E-state index contributed by atoms with van der Waals surface area (Å²) < 4.78 is 14.0. The van der Waals surface area contributed by atoms with E-state index < -0.39 is 6.10 Å². The van der Waals surface area contributed by atoms with Crippen LogP contribution in [0.3, 0.4) is 0 Å². The fourth-order valence-electron chi connectivity index (χ4n) is 2.67. The van der Waals surface area contributed by atoms with Gasteiger partial charge in [0.15, 0.2) is 5.82 Å². The number of hydrogen-bond donors (Lipinski definition) is 1. The minimum absolute atomic E-state index is 0.0443. The SMILES string of the molecule is CCn1c([C@H]2OCC[C@H]2C)nn(C[C@H](O)COC(C)C)c1=O. The summed E-state index contributed by atoms with van der Waals surface area (Å²) in [5, 5.41) is 14.4. The van der Waals surface area contributed by atoms with Gasteiger partial charge in [-0.2, -0.15) is 5.10 Å². The van der Waals surface area contributed by atoms with E-state index in [1.54, 1.807) is 4.57 Å². The van der Waals surface area contributed by atoms with Crippen LogP contribution in [0.4, 0.5) is 0 Å². The highest BCUT2D eigenvalue weighted by Crippen LogP contribution is 2.32. The van der Waals surface area contributed by atoms with E-state index in [0.717, 1.165) is 6.42 Å².